The van der Waals surface area contributed by atoms with Crippen molar-refractivity contribution >= 4 is 40.0 Å². The molecule has 1 N–H and O–H groups in total. The zero-order valence-corrected chi connectivity index (χ0v) is 18.5. The minimum atomic E-state index is 0.00988. The van der Waals surface area contributed by atoms with Crippen molar-refractivity contribution in [3.63, 3.8) is 0 Å². The average Bonchev–Trinajstić information content (AvgIpc) is 3.38. The molecule has 0 saturated carbocycles. The van der Waals surface area contributed by atoms with Crippen LogP contribution in [0.15, 0.2) is 60.8 Å². The quantitative estimate of drug-likeness (QED) is 0.609. The predicted molar refractivity (Wildman–Crippen MR) is 126 cm³/mol. The Hall–Kier alpha value is -2.48. The maximum absolute atomic E-state index is 5.81. The summed E-state index contributed by atoms with van der Waals surface area (Å²) in [6.07, 6.45) is 1.84. The second-order valence-electron chi connectivity index (χ2n) is 7.56. The second kappa shape index (κ2) is 8.34. The number of ether oxygens (including phenoxy) is 1. The smallest absolute Gasteiger partial charge is 0.174 e. The summed E-state index contributed by atoms with van der Waals surface area (Å²) in [5, 5.41) is 4.27. The van der Waals surface area contributed by atoms with E-state index in [9.17, 15) is 0 Å². The molecule has 2 fully saturated rings. The van der Waals surface area contributed by atoms with E-state index in [0.29, 0.717) is 0 Å². The molecule has 154 valence electrons. The molecule has 1 aromatic carbocycles. The molecule has 0 spiro atoms. The molecule has 2 aliphatic heterocycles. The summed E-state index contributed by atoms with van der Waals surface area (Å²) >= 11 is 7.62. The fourth-order valence-electron chi connectivity index (χ4n) is 4.18. The monoisotopic (exact) mass is 436 g/mol. The van der Waals surface area contributed by atoms with Crippen molar-refractivity contribution in [3.8, 4) is 0 Å². The third kappa shape index (κ3) is 3.69. The molecule has 2 saturated heterocycles. The molecule has 5 nitrogen and oxygen atoms in total. The van der Waals surface area contributed by atoms with Crippen LogP contribution in [0, 0.1) is 6.92 Å². The molecule has 3 aromatic rings. The summed E-state index contributed by atoms with van der Waals surface area (Å²) in [5.41, 5.74) is 3.33. The lowest BCUT2D eigenvalue weighted by molar-refractivity contribution is 0.122. The number of nitrogens with one attached hydrogen (secondary N) is 1. The molecular formula is C23H24N4OS2. The van der Waals surface area contributed by atoms with Crippen LogP contribution in [-0.4, -0.2) is 36.4 Å². The van der Waals surface area contributed by atoms with Crippen LogP contribution in [0.25, 0.3) is 0 Å². The van der Waals surface area contributed by atoms with E-state index in [0.717, 1.165) is 42.8 Å². The van der Waals surface area contributed by atoms with Crippen LogP contribution in [0.5, 0.6) is 0 Å². The summed E-state index contributed by atoms with van der Waals surface area (Å²) < 4.78 is 5.48. The number of benzene rings is 1. The molecule has 0 radical (unpaired) electrons. The first-order valence-corrected chi connectivity index (χ1v) is 11.4. The van der Waals surface area contributed by atoms with Gasteiger partial charge in [0.2, 0.25) is 0 Å². The van der Waals surface area contributed by atoms with E-state index in [-0.39, 0.29) is 12.1 Å². The molecule has 0 aliphatic carbocycles. The minimum Gasteiger partial charge on any atom is -0.378 e. The third-order valence-corrected chi connectivity index (χ3v) is 7.04. The summed E-state index contributed by atoms with van der Waals surface area (Å²) in [6.45, 7) is 5.58. The maximum atomic E-state index is 5.81. The molecule has 2 atom stereocenters. The summed E-state index contributed by atoms with van der Waals surface area (Å²) in [7, 11) is 0. The van der Waals surface area contributed by atoms with Crippen molar-refractivity contribution in [2.45, 2.75) is 19.0 Å². The number of hydrogen-bond donors (Lipinski definition) is 1. The Kier molecular flexibility index (Phi) is 5.41. The van der Waals surface area contributed by atoms with Gasteiger partial charge in [-0.1, -0.05) is 6.07 Å². The summed E-state index contributed by atoms with van der Waals surface area (Å²) in [4.78, 5) is 11.8. The van der Waals surface area contributed by atoms with Crippen LogP contribution >= 0.6 is 23.6 Å². The fraction of sp³-hybridized carbons (Fsp3) is 0.304. The van der Waals surface area contributed by atoms with Crippen molar-refractivity contribution in [3.05, 3.63) is 76.2 Å². The largest absolute Gasteiger partial charge is 0.378 e. The van der Waals surface area contributed by atoms with Crippen molar-refractivity contribution in [2.24, 2.45) is 0 Å². The van der Waals surface area contributed by atoms with Gasteiger partial charge in [0, 0.05) is 40.4 Å². The Morgan fingerprint density at radius 2 is 1.80 bits per heavy atom. The van der Waals surface area contributed by atoms with Crippen molar-refractivity contribution < 1.29 is 4.74 Å². The molecular weight excluding hydrogens is 412 g/mol. The van der Waals surface area contributed by atoms with Crippen LogP contribution in [0.3, 0.4) is 0 Å². The Morgan fingerprint density at radius 3 is 2.47 bits per heavy atom. The topological polar surface area (TPSA) is 40.6 Å². The Balaban J connectivity index is 1.50. The zero-order valence-electron chi connectivity index (χ0n) is 16.8. The first-order chi connectivity index (χ1) is 14.7. The molecule has 0 unspecified atom stereocenters. The van der Waals surface area contributed by atoms with Crippen molar-refractivity contribution in [1.82, 2.24) is 10.3 Å². The van der Waals surface area contributed by atoms with Gasteiger partial charge >= 0.3 is 0 Å². The highest BCUT2D eigenvalue weighted by Crippen LogP contribution is 2.43. The standard InChI is InChI=1S/C23H24N4OS2/c1-16-5-10-20(30-16)22-21(19-4-2-3-11-24-19)25-23(29)27(22)18-8-6-17(7-9-18)26-12-14-28-15-13-26/h2-11,21-22H,12-15H2,1H3,(H,25,29)/t21-,22+/m1/s1. The first kappa shape index (κ1) is 19.5. The Labute approximate surface area is 186 Å². The Morgan fingerprint density at radius 1 is 1.03 bits per heavy atom. The van der Waals surface area contributed by atoms with E-state index in [1.165, 1.54) is 15.4 Å². The van der Waals surface area contributed by atoms with E-state index >= 15 is 0 Å². The molecule has 2 aliphatic rings. The van der Waals surface area contributed by atoms with Gasteiger partial charge in [-0.15, -0.1) is 11.3 Å². The molecule has 5 rings (SSSR count). The van der Waals surface area contributed by atoms with Crippen LogP contribution in [0.1, 0.15) is 27.5 Å². The average molecular weight is 437 g/mol. The van der Waals surface area contributed by atoms with Gasteiger partial charge in [0.25, 0.3) is 0 Å². The van der Waals surface area contributed by atoms with Crippen molar-refractivity contribution in [1.29, 1.82) is 0 Å². The van der Waals surface area contributed by atoms with E-state index < -0.39 is 0 Å². The third-order valence-electron chi connectivity index (χ3n) is 5.65. The van der Waals surface area contributed by atoms with Gasteiger partial charge in [-0.25, -0.2) is 0 Å². The van der Waals surface area contributed by atoms with Gasteiger partial charge in [0.1, 0.15) is 0 Å². The van der Waals surface area contributed by atoms with Crippen LogP contribution in [0.4, 0.5) is 11.4 Å². The van der Waals surface area contributed by atoms with Crippen LogP contribution in [-0.2, 0) is 4.74 Å². The highest BCUT2D eigenvalue weighted by molar-refractivity contribution is 7.80. The van der Waals surface area contributed by atoms with Gasteiger partial charge in [0.15, 0.2) is 5.11 Å². The van der Waals surface area contributed by atoms with E-state index in [1.54, 1.807) is 0 Å². The number of morpholine rings is 1. The van der Waals surface area contributed by atoms with Crippen LogP contribution < -0.4 is 15.1 Å². The molecule has 4 heterocycles. The molecule has 0 amide bonds. The van der Waals surface area contributed by atoms with E-state index in [1.807, 2.05) is 29.7 Å². The number of thiocarbonyl (C=S) groups is 1. The number of hydrogen-bond acceptors (Lipinski definition) is 5. The maximum Gasteiger partial charge on any atom is 0.174 e. The molecule has 0 bridgehead atoms. The Bertz CT molecular complexity index is 1020. The predicted octanol–water partition coefficient (Wildman–Crippen LogP) is 4.47. The van der Waals surface area contributed by atoms with E-state index in [4.69, 9.17) is 17.0 Å². The second-order valence-corrected chi connectivity index (χ2v) is 9.27. The van der Waals surface area contributed by atoms with Gasteiger partial charge in [-0.3, -0.25) is 4.98 Å². The van der Waals surface area contributed by atoms with Gasteiger partial charge in [-0.2, -0.15) is 0 Å². The minimum absolute atomic E-state index is 0.00988. The SMILES string of the molecule is Cc1ccc([C@H]2[C@@H](c3ccccn3)NC(=S)N2c2ccc(N3CCOCC3)cc2)s1. The van der Waals surface area contributed by atoms with Gasteiger partial charge in [-0.05, 0) is 67.7 Å². The molecule has 2 aromatic heterocycles. The van der Waals surface area contributed by atoms with Crippen LogP contribution in [0.2, 0.25) is 0 Å². The highest BCUT2D eigenvalue weighted by atomic mass is 32.1. The number of rotatable bonds is 4. The molecule has 7 heteroatoms. The zero-order chi connectivity index (χ0) is 20.5. The number of aromatic nitrogens is 1. The normalized spacial score (nSPS) is 21.7. The molecule has 30 heavy (non-hydrogen) atoms. The highest BCUT2D eigenvalue weighted by Gasteiger charge is 2.41. The number of anilines is 2. The summed E-state index contributed by atoms with van der Waals surface area (Å²) in [6, 6.07) is 19.2. The first-order valence-electron chi connectivity index (χ1n) is 10.2. The van der Waals surface area contributed by atoms with Gasteiger partial charge < -0.3 is 19.9 Å². The number of pyridine rings is 1. The number of thiophene rings is 1. The lowest BCUT2D eigenvalue weighted by Crippen LogP contribution is -2.36. The summed E-state index contributed by atoms with van der Waals surface area (Å²) in [5.74, 6) is 0. The van der Waals surface area contributed by atoms with Gasteiger partial charge in [0.05, 0.1) is 31.0 Å². The lowest BCUT2D eigenvalue weighted by atomic mass is 10.0. The lowest BCUT2D eigenvalue weighted by Gasteiger charge is -2.30. The number of nitrogens with zero attached hydrogens (tertiary/aromatic N) is 3. The van der Waals surface area contributed by atoms with Crippen molar-refractivity contribution in [2.75, 3.05) is 36.1 Å². The number of aryl methyl sites for hydroxylation is 1. The van der Waals surface area contributed by atoms with E-state index in [2.05, 4.69) is 69.5 Å². The fourth-order valence-corrected chi connectivity index (χ4v) is 5.53.